The molecule has 0 spiro atoms. The molecule has 2 aromatic carbocycles. The van der Waals surface area contributed by atoms with Gasteiger partial charge in [0.2, 0.25) is 0 Å². The SMILES string of the molecule is O=C(COC(=O)c1ccc2c(=O)n3c(nc2c1)CCC3)c1ccc(Cl)cc1. The maximum absolute atomic E-state index is 12.5. The molecule has 0 saturated heterocycles. The molecule has 2 heterocycles. The van der Waals surface area contributed by atoms with Crippen LogP contribution in [0.3, 0.4) is 0 Å². The summed E-state index contributed by atoms with van der Waals surface area (Å²) in [6, 6.07) is 11.0. The van der Waals surface area contributed by atoms with E-state index in [4.69, 9.17) is 16.3 Å². The lowest BCUT2D eigenvalue weighted by Gasteiger charge is -2.07. The van der Waals surface area contributed by atoms with Gasteiger partial charge in [0.1, 0.15) is 5.82 Å². The minimum Gasteiger partial charge on any atom is -0.454 e. The number of aryl methyl sites for hydroxylation is 1. The number of hydrogen-bond donors (Lipinski definition) is 0. The maximum Gasteiger partial charge on any atom is 0.338 e. The van der Waals surface area contributed by atoms with E-state index in [2.05, 4.69) is 4.98 Å². The van der Waals surface area contributed by atoms with E-state index in [1.54, 1.807) is 34.9 Å². The monoisotopic (exact) mass is 382 g/mol. The molecule has 0 aliphatic carbocycles. The number of esters is 1. The van der Waals surface area contributed by atoms with E-state index in [0.717, 1.165) is 18.7 Å². The highest BCUT2D eigenvalue weighted by atomic mass is 35.5. The predicted octanol–water partition coefficient (Wildman–Crippen LogP) is 3.04. The standard InChI is InChI=1S/C20H15ClN2O4/c21-14-6-3-12(4-7-14)17(24)11-27-20(26)13-5-8-15-16(10-13)22-18-2-1-9-23(18)19(15)25/h3-8,10H,1-2,9,11H2. The second-order valence-electron chi connectivity index (χ2n) is 6.33. The third-order valence-electron chi connectivity index (χ3n) is 4.55. The molecule has 0 unspecified atom stereocenters. The number of carbonyl (C=O) groups excluding carboxylic acids is 2. The summed E-state index contributed by atoms with van der Waals surface area (Å²) in [5.41, 5.74) is 1.04. The number of ketones is 1. The van der Waals surface area contributed by atoms with Gasteiger partial charge in [-0.05, 0) is 48.9 Å². The highest BCUT2D eigenvalue weighted by Crippen LogP contribution is 2.17. The molecule has 0 fully saturated rings. The molecule has 1 aromatic heterocycles. The Morgan fingerprint density at radius 3 is 2.63 bits per heavy atom. The summed E-state index contributed by atoms with van der Waals surface area (Å²) in [7, 11) is 0. The molecule has 0 saturated carbocycles. The van der Waals surface area contributed by atoms with Gasteiger partial charge >= 0.3 is 5.97 Å². The highest BCUT2D eigenvalue weighted by molar-refractivity contribution is 6.30. The van der Waals surface area contributed by atoms with E-state index in [0.29, 0.717) is 28.0 Å². The number of Topliss-reactive ketones (excluding diaryl/α,β-unsaturated/α-hetero) is 1. The molecule has 27 heavy (non-hydrogen) atoms. The topological polar surface area (TPSA) is 78.3 Å². The van der Waals surface area contributed by atoms with E-state index in [1.165, 1.54) is 12.1 Å². The largest absolute Gasteiger partial charge is 0.454 e. The number of aromatic nitrogens is 2. The smallest absolute Gasteiger partial charge is 0.338 e. The summed E-state index contributed by atoms with van der Waals surface area (Å²) in [6.07, 6.45) is 1.63. The second-order valence-corrected chi connectivity index (χ2v) is 6.76. The van der Waals surface area contributed by atoms with Gasteiger partial charge in [-0.2, -0.15) is 0 Å². The van der Waals surface area contributed by atoms with Crippen LogP contribution < -0.4 is 5.56 Å². The Morgan fingerprint density at radius 2 is 1.85 bits per heavy atom. The Labute approximate surface area is 159 Å². The number of fused-ring (bicyclic) bond motifs is 2. The quantitative estimate of drug-likeness (QED) is 0.512. The van der Waals surface area contributed by atoms with Crippen molar-refractivity contribution in [2.75, 3.05) is 6.61 Å². The molecule has 0 atom stereocenters. The van der Waals surface area contributed by atoms with Crippen molar-refractivity contribution < 1.29 is 14.3 Å². The fourth-order valence-corrected chi connectivity index (χ4v) is 3.27. The van der Waals surface area contributed by atoms with Gasteiger partial charge in [0.15, 0.2) is 12.4 Å². The van der Waals surface area contributed by atoms with Gasteiger partial charge < -0.3 is 4.74 Å². The molecule has 3 aromatic rings. The zero-order valence-corrected chi connectivity index (χ0v) is 15.0. The summed E-state index contributed by atoms with van der Waals surface area (Å²) >= 11 is 5.79. The first-order chi connectivity index (χ1) is 13.0. The average molecular weight is 383 g/mol. The summed E-state index contributed by atoms with van der Waals surface area (Å²) < 4.78 is 6.79. The fourth-order valence-electron chi connectivity index (χ4n) is 3.14. The predicted molar refractivity (Wildman–Crippen MR) is 100 cm³/mol. The van der Waals surface area contributed by atoms with Crippen LogP contribution in [0.1, 0.15) is 33.0 Å². The average Bonchev–Trinajstić information content (AvgIpc) is 3.15. The fraction of sp³-hybridized carbons (Fsp3) is 0.200. The van der Waals surface area contributed by atoms with Gasteiger partial charge in [-0.25, -0.2) is 9.78 Å². The van der Waals surface area contributed by atoms with Crippen molar-refractivity contribution in [3.63, 3.8) is 0 Å². The van der Waals surface area contributed by atoms with Gasteiger partial charge in [0.25, 0.3) is 5.56 Å². The third-order valence-corrected chi connectivity index (χ3v) is 4.80. The van der Waals surface area contributed by atoms with E-state index in [-0.39, 0.29) is 23.5 Å². The van der Waals surface area contributed by atoms with Crippen LogP contribution in [0.4, 0.5) is 0 Å². The first-order valence-electron chi connectivity index (χ1n) is 8.52. The van der Waals surface area contributed by atoms with E-state index in [1.807, 2.05) is 0 Å². The lowest BCUT2D eigenvalue weighted by Crippen LogP contribution is -2.21. The van der Waals surface area contributed by atoms with Crippen molar-refractivity contribution >= 4 is 34.3 Å². The molecular weight excluding hydrogens is 368 g/mol. The van der Waals surface area contributed by atoms with Crippen molar-refractivity contribution in [3.05, 3.63) is 74.8 Å². The van der Waals surface area contributed by atoms with Crippen LogP contribution >= 0.6 is 11.6 Å². The van der Waals surface area contributed by atoms with Crippen molar-refractivity contribution in [2.24, 2.45) is 0 Å². The second kappa shape index (κ2) is 6.96. The normalized spacial score (nSPS) is 12.8. The highest BCUT2D eigenvalue weighted by Gasteiger charge is 2.18. The molecule has 0 amide bonds. The molecule has 1 aliphatic heterocycles. The molecule has 0 bridgehead atoms. The van der Waals surface area contributed by atoms with Gasteiger partial charge in [-0.1, -0.05) is 11.6 Å². The van der Waals surface area contributed by atoms with E-state index >= 15 is 0 Å². The van der Waals surface area contributed by atoms with Gasteiger partial charge in [-0.15, -0.1) is 0 Å². The van der Waals surface area contributed by atoms with Crippen LogP contribution in [-0.2, 0) is 17.7 Å². The van der Waals surface area contributed by atoms with Crippen molar-refractivity contribution in [3.8, 4) is 0 Å². The van der Waals surface area contributed by atoms with Crippen LogP contribution in [0.25, 0.3) is 10.9 Å². The lowest BCUT2D eigenvalue weighted by molar-refractivity contribution is 0.0475. The summed E-state index contributed by atoms with van der Waals surface area (Å²) in [4.78, 5) is 41.3. The van der Waals surface area contributed by atoms with Crippen LogP contribution in [0.15, 0.2) is 47.3 Å². The molecular formula is C20H15ClN2O4. The van der Waals surface area contributed by atoms with E-state index < -0.39 is 5.97 Å². The van der Waals surface area contributed by atoms with Crippen molar-refractivity contribution in [1.82, 2.24) is 9.55 Å². The Morgan fingerprint density at radius 1 is 1.11 bits per heavy atom. The Bertz CT molecular complexity index is 1120. The van der Waals surface area contributed by atoms with Gasteiger partial charge in [0, 0.05) is 23.6 Å². The zero-order chi connectivity index (χ0) is 19.0. The zero-order valence-electron chi connectivity index (χ0n) is 14.3. The van der Waals surface area contributed by atoms with Crippen LogP contribution in [-0.4, -0.2) is 27.9 Å². The lowest BCUT2D eigenvalue weighted by atomic mass is 10.1. The van der Waals surface area contributed by atoms with Crippen molar-refractivity contribution in [2.45, 2.75) is 19.4 Å². The van der Waals surface area contributed by atoms with Gasteiger partial charge in [0.05, 0.1) is 16.5 Å². The number of benzene rings is 2. The third kappa shape index (κ3) is 3.36. The van der Waals surface area contributed by atoms with Crippen molar-refractivity contribution in [1.29, 1.82) is 0 Å². The number of ether oxygens (including phenoxy) is 1. The molecule has 0 radical (unpaired) electrons. The first kappa shape index (κ1) is 17.4. The Balaban J connectivity index is 1.52. The summed E-state index contributed by atoms with van der Waals surface area (Å²) in [5, 5.41) is 0.990. The van der Waals surface area contributed by atoms with E-state index in [9.17, 15) is 14.4 Å². The molecule has 4 rings (SSSR count). The maximum atomic E-state index is 12.5. The number of nitrogens with zero attached hydrogens (tertiary/aromatic N) is 2. The number of rotatable bonds is 4. The number of carbonyl (C=O) groups is 2. The molecule has 6 nitrogen and oxygen atoms in total. The molecule has 136 valence electrons. The Kier molecular flexibility index (Phi) is 4.49. The minimum absolute atomic E-state index is 0.0923. The van der Waals surface area contributed by atoms with Crippen LogP contribution in [0.5, 0.6) is 0 Å². The molecule has 7 heteroatoms. The number of halogens is 1. The molecule has 0 N–H and O–H groups in total. The van der Waals surface area contributed by atoms with Crippen LogP contribution in [0.2, 0.25) is 5.02 Å². The van der Waals surface area contributed by atoms with Gasteiger partial charge in [-0.3, -0.25) is 14.2 Å². The summed E-state index contributed by atoms with van der Waals surface area (Å²) in [5.74, 6) is -0.229. The minimum atomic E-state index is -0.637. The summed E-state index contributed by atoms with van der Waals surface area (Å²) in [6.45, 7) is 0.298. The number of hydrogen-bond acceptors (Lipinski definition) is 5. The van der Waals surface area contributed by atoms with Crippen LogP contribution in [0, 0.1) is 0 Å². The first-order valence-corrected chi connectivity index (χ1v) is 8.90. The Hall–Kier alpha value is -2.99. The molecule has 1 aliphatic rings.